The maximum Gasteiger partial charge on any atom is 0.119 e. The van der Waals surface area contributed by atoms with E-state index >= 15 is 0 Å². The van der Waals surface area contributed by atoms with Gasteiger partial charge in [-0.3, -0.25) is 0 Å². The molecule has 0 heterocycles. The Morgan fingerprint density at radius 3 is 2.08 bits per heavy atom. The van der Waals surface area contributed by atoms with E-state index in [0.29, 0.717) is 5.75 Å². The van der Waals surface area contributed by atoms with Crippen LogP contribution < -0.4 is 0 Å². The van der Waals surface area contributed by atoms with Crippen LogP contribution in [0.25, 0.3) is 0 Å². The van der Waals surface area contributed by atoms with Gasteiger partial charge in [-0.05, 0) is 24.0 Å². The van der Waals surface area contributed by atoms with E-state index in [1.54, 1.807) is 6.07 Å². The average molecular weight is 230 g/mol. The molecule has 0 amide bonds. The molecule has 1 nitrogen and oxygen atoms in total. The van der Waals surface area contributed by atoms with Crippen molar-refractivity contribution >= 4 is 0 Å². The Labute approximate surface area is 92.9 Å². The molecule has 68 valence electrons. The van der Waals surface area contributed by atoms with Gasteiger partial charge in [-0.2, -0.15) is 0 Å². The largest absolute Gasteiger partial charge is 0.508 e. The smallest absolute Gasteiger partial charge is 0.119 e. The first-order valence-corrected chi connectivity index (χ1v) is 4.21. The molecule has 0 aliphatic rings. The summed E-state index contributed by atoms with van der Waals surface area (Å²) < 4.78 is 0. The van der Waals surface area contributed by atoms with E-state index in [4.69, 9.17) is 0 Å². The summed E-state index contributed by atoms with van der Waals surface area (Å²) in [4.78, 5) is 0. The van der Waals surface area contributed by atoms with Gasteiger partial charge < -0.3 is 5.11 Å². The van der Waals surface area contributed by atoms with Crippen molar-refractivity contribution in [3.63, 3.8) is 0 Å². The zero-order valence-corrected chi connectivity index (χ0v) is 11.9. The summed E-state index contributed by atoms with van der Waals surface area (Å²) in [5.74, 6) is 0.396. The van der Waals surface area contributed by atoms with Crippen LogP contribution in [0.1, 0.15) is 31.9 Å². The van der Waals surface area contributed by atoms with Crippen LogP contribution in [0, 0.1) is 6.92 Å². The fourth-order valence-electron chi connectivity index (χ4n) is 1.25. The third-order valence-electron chi connectivity index (χ3n) is 1.96. The number of benzene rings is 1. The molecule has 0 unspecified atom stereocenters. The predicted molar refractivity (Wildman–Crippen MR) is 51.5 cm³/mol. The number of aromatic hydroxyl groups is 1. The Hall–Kier alpha value is -0.357. The molecule has 0 atom stereocenters. The van der Waals surface area contributed by atoms with Crippen molar-refractivity contribution in [2.45, 2.75) is 33.1 Å². The quantitative estimate of drug-likeness (QED) is 0.678. The average Bonchev–Trinajstić information content (AvgIpc) is 1.92. The van der Waals surface area contributed by atoms with Crippen LogP contribution in [0.3, 0.4) is 0 Å². The molecule has 0 aliphatic carbocycles. The van der Waals surface area contributed by atoms with E-state index in [1.807, 2.05) is 19.1 Å². The van der Waals surface area contributed by atoms with Gasteiger partial charge in [-0.1, -0.05) is 38.5 Å². The minimum atomic E-state index is 0. The summed E-state index contributed by atoms with van der Waals surface area (Å²) in [6.45, 7) is 8.33. The molecule has 1 aromatic carbocycles. The molecule has 0 aliphatic heterocycles. The van der Waals surface area contributed by atoms with Crippen molar-refractivity contribution < 1.29 is 24.6 Å². The van der Waals surface area contributed by atoms with Crippen LogP contribution in [0.5, 0.6) is 5.75 Å². The van der Waals surface area contributed by atoms with Gasteiger partial charge in [0.1, 0.15) is 5.75 Å². The van der Waals surface area contributed by atoms with Gasteiger partial charge in [0.25, 0.3) is 0 Å². The van der Waals surface area contributed by atoms with E-state index < -0.39 is 0 Å². The second kappa shape index (κ2) is 4.24. The monoisotopic (exact) mass is 228 g/mol. The van der Waals surface area contributed by atoms with E-state index in [2.05, 4.69) is 20.8 Å². The summed E-state index contributed by atoms with van der Waals surface area (Å²) in [5.41, 5.74) is 2.23. The summed E-state index contributed by atoms with van der Waals surface area (Å²) >= 11 is 0. The van der Waals surface area contributed by atoms with Crippen molar-refractivity contribution in [1.82, 2.24) is 0 Å². The number of rotatable bonds is 0. The molecule has 0 saturated heterocycles. The van der Waals surface area contributed by atoms with Gasteiger partial charge in [0.05, 0.1) is 0 Å². The molecule has 0 spiro atoms. The normalized spacial score (nSPS) is 10.8. The molecule has 0 bridgehead atoms. The van der Waals surface area contributed by atoms with E-state index in [9.17, 15) is 5.11 Å². The maximum absolute atomic E-state index is 9.57. The molecule has 0 aromatic heterocycles. The maximum atomic E-state index is 9.57. The molecule has 1 rings (SSSR count). The van der Waals surface area contributed by atoms with Crippen LogP contribution in [-0.2, 0) is 24.9 Å². The minimum Gasteiger partial charge on any atom is -0.508 e. The Balaban J connectivity index is 0.00000144. The third kappa shape index (κ3) is 3.12. The van der Waals surface area contributed by atoms with Gasteiger partial charge in [0, 0.05) is 19.5 Å². The third-order valence-corrected chi connectivity index (χ3v) is 1.96. The summed E-state index contributed by atoms with van der Waals surface area (Å²) in [5, 5.41) is 9.57. The Morgan fingerprint density at radius 2 is 1.69 bits per heavy atom. The van der Waals surface area contributed by atoms with Crippen LogP contribution >= 0.6 is 0 Å². The zero-order chi connectivity index (χ0) is 9.35. The van der Waals surface area contributed by atoms with Crippen LogP contribution in [0.2, 0.25) is 0 Å². The standard InChI is InChI=1S/C11H16O.Zn/c1-8-5-6-10(12)9(7-8)11(2,3)4;/h5-7,12H,1-4H3;. The van der Waals surface area contributed by atoms with Crippen molar-refractivity contribution in [3.8, 4) is 5.75 Å². The topological polar surface area (TPSA) is 20.2 Å². The zero-order valence-electron chi connectivity index (χ0n) is 8.89. The number of phenols is 1. The Kier molecular flexibility index (Phi) is 4.12. The molecule has 13 heavy (non-hydrogen) atoms. The second-order valence-electron chi connectivity index (χ2n) is 4.27. The first-order chi connectivity index (χ1) is 5.41. The number of aryl methyl sites for hydroxylation is 1. The predicted octanol–water partition coefficient (Wildman–Crippen LogP) is 3.00. The van der Waals surface area contributed by atoms with Gasteiger partial charge in [-0.15, -0.1) is 0 Å². The molecular formula is C11H16OZn. The minimum absolute atomic E-state index is 0. The van der Waals surface area contributed by atoms with Crippen LogP contribution in [-0.4, -0.2) is 5.11 Å². The molecule has 2 heteroatoms. The molecule has 0 saturated carbocycles. The van der Waals surface area contributed by atoms with Crippen LogP contribution in [0.15, 0.2) is 18.2 Å². The summed E-state index contributed by atoms with van der Waals surface area (Å²) in [6, 6.07) is 5.72. The van der Waals surface area contributed by atoms with Crippen LogP contribution in [0.4, 0.5) is 0 Å². The SMILES string of the molecule is Cc1ccc(O)c(C(C)(C)C)c1.[Zn]. The van der Waals surface area contributed by atoms with E-state index in [-0.39, 0.29) is 24.9 Å². The van der Waals surface area contributed by atoms with Crippen molar-refractivity contribution in [1.29, 1.82) is 0 Å². The first kappa shape index (κ1) is 12.6. The fourth-order valence-corrected chi connectivity index (χ4v) is 1.25. The first-order valence-electron chi connectivity index (χ1n) is 4.21. The second-order valence-corrected chi connectivity index (χ2v) is 4.27. The van der Waals surface area contributed by atoms with Gasteiger partial charge >= 0.3 is 0 Å². The Morgan fingerprint density at radius 1 is 1.15 bits per heavy atom. The molecule has 1 aromatic rings. The number of phenolic OH excluding ortho intramolecular Hbond substituents is 1. The molecule has 0 fully saturated rings. The van der Waals surface area contributed by atoms with Crippen molar-refractivity contribution in [2.75, 3.05) is 0 Å². The summed E-state index contributed by atoms with van der Waals surface area (Å²) in [6.07, 6.45) is 0. The van der Waals surface area contributed by atoms with Gasteiger partial charge in [0.2, 0.25) is 0 Å². The Bertz CT molecular complexity index is 287. The van der Waals surface area contributed by atoms with E-state index in [0.717, 1.165) is 5.56 Å². The number of hydrogen-bond donors (Lipinski definition) is 1. The van der Waals surface area contributed by atoms with Gasteiger partial charge in [-0.25, -0.2) is 0 Å². The van der Waals surface area contributed by atoms with Crippen molar-refractivity contribution in [2.24, 2.45) is 0 Å². The fraction of sp³-hybridized carbons (Fsp3) is 0.455. The number of hydrogen-bond acceptors (Lipinski definition) is 1. The molecule has 1 N–H and O–H groups in total. The van der Waals surface area contributed by atoms with Crippen molar-refractivity contribution in [3.05, 3.63) is 29.3 Å². The van der Waals surface area contributed by atoms with Gasteiger partial charge in [0.15, 0.2) is 0 Å². The molecular weight excluding hydrogens is 214 g/mol. The van der Waals surface area contributed by atoms with E-state index in [1.165, 1.54) is 5.56 Å². The molecule has 0 radical (unpaired) electrons. The summed E-state index contributed by atoms with van der Waals surface area (Å²) in [7, 11) is 0.